The van der Waals surface area contributed by atoms with Crippen LogP contribution in [-0.2, 0) is 31.3 Å². The van der Waals surface area contributed by atoms with E-state index in [0.717, 1.165) is 22.4 Å². The Hall–Kier alpha value is -5.42. The largest absolute Gasteiger partial charge is 0.497 e. The minimum Gasteiger partial charge on any atom is -0.497 e. The molecule has 0 radical (unpaired) electrons. The molecule has 11 heteroatoms. The molecule has 1 N–H and O–H groups in total. The highest BCUT2D eigenvalue weighted by molar-refractivity contribution is 7.99. The number of hydrogen-bond donors (Lipinski definition) is 1. The minimum atomic E-state index is -0.900. The highest BCUT2D eigenvalue weighted by Gasteiger charge is 2.41. The van der Waals surface area contributed by atoms with E-state index < -0.39 is 28.9 Å². The summed E-state index contributed by atoms with van der Waals surface area (Å²) in [5.41, 5.74) is 3.02. The van der Waals surface area contributed by atoms with Crippen LogP contribution in [0.3, 0.4) is 0 Å². The van der Waals surface area contributed by atoms with Crippen molar-refractivity contribution < 1.29 is 33.4 Å². The van der Waals surface area contributed by atoms with E-state index in [-0.39, 0.29) is 42.5 Å². The van der Waals surface area contributed by atoms with Crippen molar-refractivity contribution in [2.24, 2.45) is 0 Å². The summed E-state index contributed by atoms with van der Waals surface area (Å²) in [5, 5.41) is 2.62. The number of likely N-dealkylation sites (tertiary alicyclic amines) is 1. The van der Waals surface area contributed by atoms with Crippen LogP contribution in [0.25, 0.3) is 0 Å². The third kappa shape index (κ3) is 10.7. The molecule has 6 rings (SSSR count). The van der Waals surface area contributed by atoms with Crippen molar-refractivity contribution in [1.82, 2.24) is 15.1 Å². The molecule has 0 aromatic heterocycles. The molecule has 4 atom stereocenters. The lowest BCUT2D eigenvalue weighted by Gasteiger charge is -2.34. The SMILES string of the molecule is COc1ccc(CSC(CCCCN2C(=O)c3ccccc3C2=O)C(=O)NC2CC(c3ccccc3)CCN(C(Cc3ccccc3)C(=O)OC(C)(C)C)C2=O)cc1. The molecule has 4 amide bonds. The topological polar surface area (TPSA) is 122 Å². The van der Waals surface area contributed by atoms with Crippen molar-refractivity contribution in [3.05, 3.63) is 137 Å². The van der Waals surface area contributed by atoms with Gasteiger partial charge in [0.05, 0.1) is 23.5 Å². The van der Waals surface area contributed by atoms with E-state index in [4.69, 9.17) is 9.47 Å². The number of carbonyl (C=O) groups excluding carboxylic acids is 5. The minimum absolute atomic E-state index is 0.0541. The molecule has 1 saturated heterocycles. The number of thioether (sulfide) groups is 1. The molecule has 10 nitrogen and oxygen atoms in total. The first-order valence-electron chi connectivity index (χ1n) is 20.0. The number of carbonyl (C=O) groups is 5. The Morgan fingerprint density at radius 2 is 1.43 bits per heavy atom. The molecule has 304 valence electrons. The molecule has 4 aromatic carbocycles. The Balaban J connectivity index is 1.23. The highest BCUT2D eigenvalue weighted by atomic mass is 32.2. The van der Waals surface area contributed by atoms with Crippen molar-refractivity contribution in [3.8, 4) is 5.75 Å². The van der Waals surface area contributed by atoms with Crippen LogP contribution in [0.4, 0.5) is 0 Å². The summed E-state index contributed by atoms with van der Waals surface area (Å²) in [5.74, 6) is -0.463. The summed E-state index contributed by atoms with van der Waals surface area (Å²) in [4.78, 5) is 72.2. The van der Waals surface area contributed by atoms with E-state index in [2.05, 4.69) is 5.32 Å². The number of rotatable bonds is 16. The number of imide groups is 1. The van der Waals surface area contributed by atoms with Gasteiger partial charge in [-0.1, -0.05) is 91.3 Å². The molecule has 1 fully saturated rings. The number of amides is 4. The lowest BCUT2D eigenvalue weighted by Crippen LogP contribution is -2.55. The molecule has 58 heavy (non-hydrogen) atoms. The number of methoxy groups -OCH3 is 1. The Morgan fingerprint density at radius 3 is 2.05 bits per heavy atom. The first-order chi connectivity index (χ1) is 27.9. The number of ether oxygens (including phenoxy) is 2. The number of benzene rings is 4. The van der Waals surface area contributed by atoms with Gasteiger partial charge >= 0.3 is 5.97 Å². The van der Waals surface area contributed by atoms with Crippen LogP contribution in [-0.4, -0.2) is 82.5 Å². The van der Waals surface area contributed by atoms with Crippen molar-refractivity contribution in [2.45, 2.75) is 93.9 Å². The molecule has 2 aliphatic rings. The molecule has 0 bridgehead atoms. The average Bonchev–Trinajstić information content (AvgIpc) is 3.35. The van der Waals surface area contributed by atoms with Crippen LogP contribution in [0.5, 0.6) is 5.75 Å². The van der Waals surface area contributed by atoms with Gasteiger partial charge in [-0.3, -0.25) is 24.1 Å². The first-order valence-corrected chi connectivity index (χ1v) is 21.1. The summed E-state index contributed by atoms with van der Waals surface area (Å²) in [6, 6.07) is 32.3. The molecule has 4 unspecified atom stereocenters. The van der Waals surface area contributed by atoms with Gasteiger partial charge in [0.2, 0.25) is 11.8 Å². The summed E-state index contributed by atoms with van der Waals surface area (Å²) in [6.07, 6.45) is 2.78. The molecule has 0 spiro atoms. The van der Waals surface area contributed by atoms with Gasteiger partial charge in [0.15, 0.2) is 0 Å². The Labute approximate surface area is 345 Å². The summed E-state index contributed by atoms with van der Waals surface area (Å²) < 4.78 is 11.2. The Morgan fingerprint density at radius 1 is 0.810 bits per heavy atom. The lowest BCUT2D eigenvalue weighted by molar-refractivity contribution is -0.165. The summed E-state index contributed by atoms with van der Waals surface area (Å²) in [6.45, 7) is 5.99. The lowest BCUT2D eigenvalue weighted by atomic mass is 9.90. The predicted molar refractivity (Wildman–Crippen MR) is 226 cm³/mol. The number of nitrogens with one attached hydrogen (secondary N) is 1. The molecular weight excluding hydrogens is 751 g/mol. The number of esters is 1. The fourth-order valence-electron chi connectivity index (χ4n) is 7.61. The van der Waals surface area contributed by atoms with E-state index in [1.165, 1.54) is 16.7 Å². The second kappa shape index (κ2) is 19.4. The van der Waals surface area contributed by atoms with Crippen LogP contribution in [0, 0.1) is 0 Å². The normalized spacial score (nSPS) is 18.0. The van der Waals surface area contributed by atoms with Crippen LogP contribution in [0.2, 0.25) is 0 Å². The van der Waals surface area contributed by atoms with Crippen molar-refractivity contribution in [1.29, 1.82) is 0 Å². The number of nitrogens with zero attached hydrogens (tertiary/aromatic N) is 2. The zero-order chi connectivity index (χ0) is 41.2. The second-order valence-electron chi connectivity index (χ2n) is 15.9. The quantitative estimate of drug-likeness (QED) is 0.0699. The zero-order valence-corrected chi connectivity index (χ0v) is 34.5. The van der Waals surface area contributed by atoms with Gasteiger partial charge in [0.25, 0.3) is 11.8 Å². The van der Waals surface area contributed by atoms with Gasteiger partial charge < -0.3 is 19.7 Å². The molecule has 0 saturated carbocycles. The maximum Gasteiger partial charge on any atom is 0.329 e. The maximum absolute atomic E-state index is 14.8. The smallest absolute Gasteiger partial charge is 0.329 e. The van der Waals surface area contributed by atoms with Crippen molar-refractivity contribution in [3.63, 3.8) is 0 Å². The van der Waals surface area contributed by atoms with Gasteiger partial charge in [0, 0.05) is 25.3 Å². The van der Waals surface area contributed by atoms with Crippen LogP contribution >= 0.6 is 11.8 Å². The van der Waals surface area contributed by atoms with Crippen LogP contribution in [0.15, 0.2) is 109 Å². The molecule has 4 aromatic rings. The second-order valence-corrected chi connectivity index (χ2v) is 17.1. The van der Waals surface area contributed by atoms with Gasteiger partial charge in [0.1, 0.15) is 23.4 Å². The van der Waals surface area contributed by atoms with Crippen molar-refractivity contribution >= 4 is 41.4 Å². The van der Waals surface area contributed by atoms with Crippen molar-refractivity contribution in [2.75, 3.05) is 20.2 Å². The molecule has 2 aliphatic heterocycles. The first kappa shape index (κ1) is 42.2. The fraction of sp³-hybridized carbons (Fsp3) is 0.383. The fourth-order valence-corrected chi connectivity index (χ4v) is 8.75. The van der Waals surface area contributed by atoms with Crippen LogP contribution in [0.1, 0.15) is 96.2 Å². The summed E-state index contributed by atoms with van der Waals surface area (Å²) in [7, 11) is 1.61. The van der Waals surface area contributed by atoms with Gasteiger partial charge in [-0.05, 0) is 93.3 Å². The number of hydrogen-bond acceptors (Lipinski definition) is 8. The Bertz CT molecular complexity index is 2020. The Kier molecular flexibility index (Phi) is 14.1. The number of unbranched alkanes of at least 4 members (excludes halogenated alkanes) is 1. The van der Waals surface area contributed by atoms with Gasteiger partial charge in [-0.25, -0.2) is 4.79 Å². The van der Waals surface area contributed by atoms with Gasteiger partial charge in [-0.2, -0.15) is 0 Å². The predicted octanol–water partition coefficient (Wildman–Crippen LogP) is 7.61. The average molecular weight is 804 g/mol. The van der Waals surface area contributed by atoms with E-state index in [9.17, 15) is 24.0 Å². The van der Waals surface area contributed by atoms with Crippen LogP contribution < -0.4 is 10.1 Å². The third-order valence-corrected chi connectivity index (χ3v) is 12.0. The summed E-state index contributed by atoms with van der Waals surface area (Å²) >= 11 is 1.48. The van der Waals surface area contributed by atoms with E-state index in [0.29, 0.717) is 55.5 Å². The molecule has 2 heterocycles. The monoisotopic (exact) mass is 803 g/mol. The zero-order valence-electron chi connectivity index (χ0n) is 33.7. The van der Waals surface area contributed by atoms with E-state index in [1.807, 2.05) is 106 Å². The van der Waals surface area contributed by atoms with Gasteiger partial charge in [-0.15, -0.1) is 11.8 Å². The third-order valence-electron chi connectivity index (χ3n) is 10.6. The van der Waals surface area contributed by atoms with E-state index in [1.54, 1.807) is 36.3 Å². The highest BCUT2D eigenvalue weighted by Crippen LogP contribution is 2.32. The standard InChI is InChI=1S/C47H53N3O7S/c1-47(2,3)57-46(55)40(29-32-15-7-5-8-16-32)49-28-26-35(34-17-9-6-10-18-34)30-39(45(49)54)48-42(51)41(58-31-33-22-24-36(56-4)25-23-33)21-13-14-27-50-43(52)37-19-11-12-20-38(37)44(50)53/h5-12,15-20,22-25,35,39-41H,13-14,21,26-31H2,1-4H3,(H,48,51). The number of fused-ring (bicyclic) bond motifs is 1. The van der Waals surface area contributed by atoms with E-state index >= 15 is 0 Å². The molecule has 0 aliphatic carbocycles. The molecular formula is C47H53N3O7S. The maximum atomic E-state index is 14.8.